The topological polar surface area (TPSA) is 70.8 Å². The quantitative estimate of drug-likeness (QED) is 0.372. The van der Waals surface area contributed by atoms with Gasteiger partial charge < -0.3 is 9.52 Å². The van der Waals surface area contributed by atoms with Crippen LogP contribution in [0.15, 0.2) is 70.0 Å². The fourth-order valence-electron chi connectivity index (χ4n) is 3.11. The highest BCUT2D eigenvalue weighted by atomic mass is 35.5. The summed E-state index contributed by atoms with van der Waals surface area (Å²) in [5.41, 5.74) is 2.42. The minimum absolute atomic E-state index is 0.0373. The van der Waals surface area contributed by atoms with Crippen LogP contribution in [-0.2, 0) is 22.6 Å². The molecule has 1 aliphatic heterocycles. The first-order valence-corrected chi connectivity index (χ1v) is 10.9. The standard InChI is InChI=1S/C23H16ClNO4S2/c24-17-3-1-2-16(11-17)19-9-8-18(29-19)12-20-22(28)25(23(30)31-20)13-15-6-4-14(5-7-15)10-21(26)27/h1-9,11-12H,10,13H2,(H,26,27)/b20-12-. The molecule has 2 heterocycles. The number of carboxylic acid groups (broad SMARTS) is 1. The average molecular weight is 470 g/mol. The maximum Gasteiger partial charge on any atom is 0.307 e. The monoisotopic (exact) mass is 469 g/mol. The molecule has 0 radical (unpaired) electrons. The number of thiocarbonyl (C=S) groups is 1. The summed E-state index contributed by atoms with van der Waals surface area (Å²) in [6.07, 6.45) is 1.65. The Hall–Kier alpha value is -2.87. The van der Waals surface area contributed by atoms with Crippen molar-refractivity contribution in [2.75, 3.05) is 0 Å². The van der Waals surface area contributed by atoms with Crippen molar-refractivity contribution in [1.82, 2.24) is 4.90 Å². The zero-order valence-electron chi connectivity index (χ0n) is 16.1. The molecule has 1 amide bonds. The van der Waals surface area contributed by atoms with E-state index in [2.05, 4.69) is 0 Å². The molecule has 2 aromatic carbocycles. The molecule has 31 heavy (non-hydrogen) atoms. The van der Waals surface area contributed by atoms with Gasteiger partial charge in [0.05, 0.1) is 17.9 Å². The predicted molar refractivity (Wildman–Crippen MR) is 126 cm³/mol. The molecule has 0 aliphatic carbocycles. The van der Waals surface area contributed by atoms with Crippen molar-refractivity contribution < 1.29 is 19.1 Å². The van der Waals surface area contributed by atoms with Gasteiger partial charge in [0.2, 0.25) is 0 Å². The Kier molecular flexibility index (Phi) is 6.27. The molecule has 0 spiro atoms. The molecule has 156 valence electrons. The summed E-state index contributed by atoms with van der Waals surface area (Å²) in [7, 11) is 0. The first kappa shape index (κ1) is 21.4. The number of thioether (sulfide) groups is 1. The number of hydrogen-bond acceptors (Lipinski definition) is 5. The molecule has 1 N–H and O–H groups in total. The van der Waals surface area contributed by atoms with E-state index in [-0.39, 0.29) is 12.3 Å². The van der Waals surface area contributed by atoms with Crippen molar-refractivity contribution in [1.29, 1.82) is 0 Å². The van der Waals surface area contributed by atoms with Crippen LogP contribution in [0.5, 0.6) is 0 Å². The van der Waals surface area contributed by atoms with E-state index in [0.717, 1.165) is 11.1 Å². The van der Waals surface area contributed by atoms with Crippen molar-refractivity contribution in [2.45, 2.75) is 13.0 Å². The summed E-state index contributed by atoms with van der Waals surface area (Å²) in [6, 6.07) is 18.1. The van der Waals surface area contributed by atoms with Crippen molar-refractivity contribution in [3.05, 3.63) is 87.5 Å². The Balaban J connectivity index is 1.48. The second-order valence-electron chi connectivity index (χ2n) is 6.87. The van der Waals surface area contributed by atoms with Crippen LogP contribution >= 0.6 is 35.6 Å². The van der Waals surface area contributed by atoms with Gasteiger partial charge in [-0.3, -0.25) is 14.5 Å². The third-order valence-corrected chi connectivity index (χ3v) is 6.21. The van der Waals surface area contributed by atoms with Crippen molar-refractivity contribution >= 4 is 57.9 Å². The van der Waals surface area contributed by atoms with E-state index in [1.54, 1.807) is 30.3 Å². The summed E-state index contributed by atoms with van der Waals surface area (Å²) in [5.74, 6) is 0.135. The number of benzene rings is 2. The minimum atomic E-state index is -0.883. The van der Waals surface area contributed by atoms with Crippen LogP contribution in [0.3, 0.4) is 0 Å². The van der Waals surface area contributed by atoms with Crippen molar-refractivity contribution in [2.24, 2.45) is 0 Å². The molecule has 1 fully saturated rings. The zero-order valence-corrected chi connectivity index (χ0v) is 18.5. The van der Waals surface area contributed by atoms with Crippen LogP contribution in [0.2, 0.25) is 5.02 Å². The van der Waals surface area contributed by atoms with Crippen molar-refractivity contribution in [3.63, 3.8) is 0 Å². The average Bonchev–Trinajstić information content (AvgIpc) is 3.29. The highest BCUT2D eigenvalue weighted by molar-refractivity contribution is 8.26. The molecule has 0 unspecified atom stereocenters. The van der Waals surface area contributed by atoms with Gasteiger partial charge in [0, 0.05) is 16.7 Å². The molecule has 4 rings (SSSR count). The number of carbonyl (C=O) groups excluding carboxylic acids is 1. The maximum atomic E-state index is 12.9. The van der Waals surface area contributed by atoms with Crippen LogP contribution in [0, 0.1) is 0 Å². The normalized spacial score (nSPS) is 15.1. The minimum Gasteiger partial charge on any atom is -0.481 e. The number of hydrogen-bond donors (Lipinski definition) is 1. The van der Waals surface area contributed by atoms with E-state index in [4.69, 9.17) is 33.3 Å². The lowest BCUT2D eigenvalue weighted by Gasteiger charge is -2.14. The number of rotatable bonds is 6. The lowest BCUT2D eigenvalue weighted by atomic mass is 10.1. The Morgan fingerprint density at radius 2 is 1.87 bits per heavy atom. The summed E-state index contributed by atoms with van der Waals surface area (Å²) in [6.45, 7) is 0.321. The first-order chi connectivity index (χ1) is 14.9. The highest BCUT2D eigenvalue weighted by Gasteiger charge is 2.32. The fraction of sp³-hybridized carbons (Fsp3) is 0.0870. The molecule has 1 aliphatic rings. The van der Waals surface area contributed by atoms with Gasteiger partial charge in [-0.2, -0.15) is 0 Å². The summed E-state index contributed by atoms with van der Waals surface area (Å²) >= 11 is 12.7. The third-order valence-electron chi connectivity index (χ3n) is 4.60. The van der Waals surface area contributed by atoms with Crippen molar-refractivity contribution in [3.8, 4) is 11.3 Å². The number of halogens is 1. The molecule has 8 heteroatoms. The number of amides is 1. The molecule has 3 aromatic rings. The Bertz CT molecular complexity index is 1200. The molecule has 0 saturated carbocycles. The number of furan rings is 1. The molecular weight excluding hydrogens is 454 g/mol. The van der Waals surface area contributed by atoms with Gasteiger partial charge in [0.1, 0.15) is 15.8 Å². The highest BCUT2D eigenvalue weighted by Crippen LogP contribution is 2.34. The summed E-state index contributed by atoms with van der Waals surface area (Å²) in [4.78, 5) is 25.7. The Morgan fingerprint density at radius 3 is 2.58 bits per heavy atom. The first-order valence-electron chi connectivity index (χ1n) is 9.30. The van der Waals surface area contributed by atoms with E-state index in [9.17, 15) is 9.59 Å². The van der Waals surface area contributed by atoms with E-state index in [1.165, 1.54) is 16.7 Å². The lowest BCUT2D eigenvalue weighted by molar-refractivity contribution is -0.136. The van der Waals surface area contributed by atoms with Crippen LogP contribution < -0.4 is 0 Å². The largest absolute Gasteiger partial charge is 0.481 e. The van der Waals surface area contributed by atoms with Crippen LogP contribution in [0.1, 0.15) is 16.9 Å². The van der Waals surface area contributed by atoms with Gasteiger partial charge in [0.15, 0.2) is 0 Å². The molecular formula is C23H16ClNO4S2. The molecule has 5 nitrogen and oxygen atoms in total. The SMILES string of the molecule is O=C(O)Cc1ccc(CN2C(=O)/C(=C/c3ccc(-c4cccc(Cl)c4)o3)SC2=S)cc1. The maximum absolute atomic E-state index is 12.9. The predicted octanol–water partition coefficient (Wildman–Crippen LogP) is 5.63. The van der Waals surface area contributed by atoms with Gasteiger partial charge in [-0.25, -0.2) is 0 Å². The molecule has 0 atom stereocenters. The second kappa shape index (κ2) is 9.09. The Labute approximate surface area is 193 Å². The van der Waals surface area contributed by atoms with E-state index in [0.29, 0.717) is 37.9 Å². The van der Waals surface area contributed by atoms with Crippen LogP contribution in [0.25, 0.3) is 17.4 Å². The van der Waals surface area contributed by atoms with Gasteiger partial charge in [-0.1, -0.05) is 72.0 Å². The second-order valence-corrected chi connectivity index (χ2v) is 8.98. The molecule has 1 aromatic heterocycles. The van der Waals surface area contributed by atoms with E-state index < -0.39 is 5.97 Å². The van der Waals surface area contributed by atoms with Gasteiger partial charge in [-0.15, -0.1) is 0 Å². The number of aliphatic carboxylic acids is 1. The number of carboxylic acids is 1. The van der Waals surface area contributed by atoms with E-state index in [1.807, 2.05) is 36.4 Å². The summed E-state index contributed by atoms with van der Waals surface area (Å²) in [5, 5.41) is 9.49. The number of nitrogens with zero attached hydrogens (tertiary/aromatic N) is 1. The van der Waals surface area contributed by atoms with E-state index >= 15 is 0 Å². The lowest BCUT2D eigenvalue weighted by Crippen LogP contribution is -2.27. The smallest absolute Gasteiger partial charge is 0.307 e. The third kappa shape index (κ3) is 5.07. The number of carbonyl (C=O) groups is 2. The molecule has 0 bridgehead atoms. The van der Waals surface area contributed by atoms with Crippen LogP contribution in [-0.4, -0.2) is 26.2 Å². The van der Waals surface area contributed by atoms with Gasteiger partial charge >= 0.3 is 5.97 Å². The zero-order chi connectivity index (χ0) is 22.0. The summed E-state index contributed by atoms with van der Waals surface area (Å²) < 4.78 is 6.32. The van der Waals surface area contributed by atoms with Gasteiger partial charge in [-0.05, 0) is 35.4 Å². The molecule has 1 saturated heterocycles. The van der Waals surface area contributed by atoms with Gasteiger partial charge in [0.25, 0.3) is 5.91 Å². The Morgan fingerprint density at radius 1 is 1.13 bits per heavy atom. The fourth-order valence-corrected chi connectivity index (χ4v) is 4.54. The van der Waals surface area contributed by atoms with Crippen LogP contribution in [0.4, 0.5) is 0 Å².